The number of hydrogen-bond acceptors (Lipinski definition) is 8. The van der Waals surface area contributed by atoms with Crippen LogP contribution in [-0.2, 0) is 0 Å². The number of H-pyrrole nitrogens is 1. The predicted molar refractivity (Wildman–Crippen MR) is 79.6 cm³/mol. The second kappa shape index (κ2) is 7.09. The van der Waals surface area contributed by atoms with Gasteiger partial charge in [0, 0.05) is 0 Å². The maximum absolute atomic E-state index is 11.8. The van der Waals surface area contributed by atoms with Gasteiger partial charge in [-0.2, -0.15) is 5.10 Å². The third-order valence-corrected chi connectivity index (χ3v) is 2.94. The maximum Gasteiger partial charge on any atom is 0.260 e. The van der Waals surface area contributed by atoms with Crippen molar-refractivity contribution in [3.63, 3.8) is 0 Å². The minimum atomic E-state index is -1.58. The van der Waals surface area contributed by atoms with E-state index >= 15 is 0 Å². The first-order chi connectivity index (χ1) is 10.5. The number of benzene rings is 1. The van der Waals surface area contributed by atoms with Crippen LogP contribution in [0, 0.1) is 0 Å². The smallest absolute Gasteiger partial charge is 0.260 e. The van der Waals surface area contributed by atoms with E-state index < -0.39 is 24.9 Å². The Morgan fingerprint density at radius 3 is 2.77 bits per heavy atom. The monoisotopic (exact) mass is 308 g/mol. The summed E-state index contributed by atoms with van der Waals surface area (Å²) in [5.41, 5.74) is 2.53. The van der Waals surface area contributed by atoms with Crippen LogP contribution in [0.2, 0.25) is 0 Å². The number of para-hydroxylation sites is 1. The fourth-order valence-electron chi connectivity index (χ4n) is 1.74. The number of aromatic nitrogens is 2. The van der Waals surface area contributed by atoms with Crippen molar-refractivity contribution in [3.05, 3.63) is 34.6 Å². The molecule has 9 heteroatoms. The number of anilines is 1. The molecule has 0 radical (unpaired) electrons. The van der Waals surface area contributed by atoms with E-state index in [0.29, 0.717) is 10.9 Å². The average Bonchev–Trinajstić information content (AvgIpc) is 2.53. The van der Waals surface area contributed by atoms with Crippen molar-refractivity contribution < 1.29 is 20.4 Å². The predicted octanol–water partition coefficient (Wildman–Crippen LogP) is -1.60. The number of hydrazone groups is 1. The fourth-order valence-corrected chi connectivity index (χ4v) is 1.74. The van der Waals surface area contributed by atoms with E-state index in [1.807, 2.05) is 0 Å². The van der Waals surface area contributed by atoms with E-state index in [0.717, 1.165) is 6.21 Å². The van der Waals surface area contributed by atoms with Gasteiger partial charge in [-0.25, -0.2) is 10.4 Å². The van der Waals surface area contributed by atoms with Crippen molar-refractivity contribution in [2.45, 2.75) is 18.3 Å². The van der Waals surface area contributed by atoms with Crippen molar-refractivity contribution in [3.8, 4) is 0 Å². The molecule has 0 amide bonds. The molecule has 9 nitrogen and oxygen atoms in total. The zero-order valence-corrected chi connectivity index (χ0v) is 11.4. The van der Waals surface area contributed by atoms with Gasteiger partial charge in [0.2, 0.25) is 5.95 Å². The summed E-state index contributed by atoms with van der Waals surface area (Å²) in [7, 11) is 0. The highest BCUT2D eigenvalue weighted by atomic mass is 16.4. The normalized spacial score (nSPS) is 15.8. The zero-order chi connectivity index (χ0) is 16.1. The van der Waals surface area contributed by atoms with Gasteiger partial charge in [-0.3, -0.25) is 9.78 Å². The van der Waals surface area contributed by atoms with Gasteiger partial charge in [-0.15, -0.1) is 0 Å². The lowest BCUT2D eigenvalue weighted by Gasteiger charge is -2.17. The lowest BCUT2D eigenvalue weighted by Crippen LogP contribution is -2.40. The molecule has 0 saturated heterocycles. The van der Waals surface area contributed by atoms with Crippen molar-refractivity contribution in [2.75, 3.05) is 12.0 Å². The second-order valence-corrected chi connectivity index (χ2v) is 4.55. The molecule has 2 aromatic rings. The first-order valence-electron chi connectivity index (χ1n) is 6.46. The molecule has 118 valence electrons. The molecule has 0 aliphatic heterocycles. The molecule has 0 fully saturated rings. The second-order valence-electron chi connectivity index (χ2n) is 4.55. The quantitative estimate of drug-likeness (QED) is 0.277. The Morgan fingerprint density at radius 1 is 1.32 bits per heavy atom. The zero-order valence-electron chi connectivity index (χ0n) is 11.4. The summed E-state index contributed by atoms with van der Waals surface area (Å²) < 4.78 is 0. The Kier molecular flexibility index (Phi) is 5.17. The van der Waals surface area contributed by atoms with Crippen LogP contribution >= 0.6 is 0 Å². The van der Waals surface area contributed by atoms with Gasteiger partial charge in [0.05, 0.1) is 23.7 Å². The highest BCUT2D eigenvalue weighted by molar-refractivity contribution is 5.78. The molecule has 0 saturated carbocycles. The van der Waals surface area contributed by atoms with Crippen LogP contribution in [0.25, 0.3) is 10.9 Å². The molecular weight excluding hydrogens is 292 g/mol. The summed E-state index contributed by atoms with van der Waals surface area (Å²) in [6.07, 6.45) is -3.65. The van der Waals surface area contributed by atoms with Gasteiger partial charge in [0.15, 0.2) is 0 Å². The van der Waals surface area contributed by atoms with Crippen molar-refractivity contribution >= 4 is 23.1 Å². The Hall–Kier alpha value is -2.33. The summed E-state index contributed by atoms with van der Waals surface area (Å²) in [6.45, 7) is -0.695. The van der Waals surface area contributed by atoms with Gasteiger partial charge in [-0.1, -0.05) is 12.1 Å². The molecule has 0 aliphatic rings. The third kappa shape index (κ3) is 3.65. The van der Waals surface area contributed by atoms with Crippen molar-refractivity contribution in [1.82, 2.24) is 9.97 Å². The SMILES string of the molecule is O=c1[nH]c(N/N=C\[C@@H](O)[C@H](O)[C@H](O)CO)nc2ccccc12. The molecule has 0 bridgehead atoms. The maximum atomic E-state index is 11.8. The Balaban J connectivity index is 2.08. The molecule has 0 spiro atoms. The average molecular weight is 308 g/mol. The Bertz CT molecular complexity index is 717. The van der Waals surface area contributed by atoms with Crippen LogP contribution in [-0.4, -0.2) is 61.5 Å². The lowest BCUT2D eigenvalue weighted by molar-refractivity contribution is -0.0541. The summed E-state index contributed by atoms with van der Waals surface area (Å²) in [4.78, 5) is 18.4. The highest BCUT2D eigenvalue weighted by Gasteiger charge is 2.22. The van der Waals surface area contributed by atoms with Crippen molar-refractivity contribution in [1.29, 1.82) is 0 Å². The molecule has 22 heavy (non-hydrogen) atoms. The van der Waals surface area contributed by atoms with Crippen LogP contribution in [0.15, 0.2) is 34.2 Å². The molecule has 6 N–H and O–H groups in total. The van der Waals surface area contributed by atoms with E-state index in [-0.39, 0.29) is 11.5 Å². The van der Waals surface area contributed by atoms with E-state index in [9.17, 15) is 15.0 Å². The van der Waals surface area contributed by atoms with E-state index in [2.05, 4.69) is 20.5 Å². The summed E-state index contributed by atoms with van der Waals surface area (Å²) in [5, 5.41) is 40.8. The standard InChI is InChI=1S/C13H16N4O5/c18-6-10(20)11(21)9(19)5-14-17-13-15-8-4-2-1-3-7(8)12(22)16-13/h1-5,9-11,18-21H,6H2,(H2,15,16,17,22)/b14-5-/t9-,10-,11+/m1/s1. The minimum Gasteiger partial charge on any atom is -0.394 e. The number of nitrogens with zero attached hydrogens (tertiary/aromatic N) is 2. The van der Waals surface area contributed by atoms with E-state index in [1.165, 1.54) is 0 Å². The number of aliphatic hydroxyl groups excluding tert-OH is 4. The Labute approximate surface area is 124 Å². The fraction of sp³-hybridized carbons (Fsp3) is 0.308. The van der Waals surface area contributed by atoms with Gasteiger partial charge in [-0.05, 0) is 12.1 Å². The van der Waals surface area contributed by atoms with Gasteiger partial charge < -0.3 is 20.4 Å². The molecule has 0 aliphatic carbocycles. The minimum absolute atomic E-state index is 0.0596. The topological polar surface area (TPSA) is 151 Å². The number of fused-ring (bicyclic) bond motifs is 1. The van der Waals surface area contributed by atoms with Crippen molar-refractivity contribution in [2.24, 2.45) is 5.10 Å². The van der Waals surface area contributed by atoms with E-state index in [4.69, 9.17) is 10.2 Å². The largest absolute Gasteiger partial charge is 0.394 e. The molecule has 1 aromatic carbocycles. The summed E-state index contributed by atoms with van der Waals surface area (Å²) in [6, 6.07) is 6.74. The summed E-state index contributed by atoms with van der Waals surface area (Å²) >= 11 is 0. The first-order valence-corrected chi connectivity index (χ1v) is 6.46. The van der Waals surface area contributed by atoms with Crippen LogP contribution < -0.4 is 11.0 Å². The molecule has 0 unspecified atom stereocenters. The van der Waals surface area contributed by atoms with Gasteiger partial charge in [0.25, 0.3) is 5.56 Å². The van der Waals surface area contributed by atoms with E-state index in [1.54, 1.807) is 24.3 Å². The number of aliphatic hydroxyl groups is 4. The molecule has 2 rings (SSSR count). The van der Waals surface area contributed by atoms with Gasteiger partial charge in [0.1, 0.15) is 18.3 Å². The number of hydrogen-bond donors (Lipinski definition) is 6. The van der Waals surface area contributed by atoms with Gasteiger partial charge >= 0.3 is 0 Å². The number of aromatic amines is 1. The molecular formula is C13H16N4O5. The van der Waals surface area contributed by atoms with Crippen LogP contribution in [0.1, 0.15) is 0 Å². The third-order valence-electron chi connectivity index (χ3n) is 2.94. The number of nitrogens with one attached hydrogen (secondary N) is 2. The Morgan fingerprint density at radius 2 is 2.05 bits per heavy atom. The highest BCUT2D eigenvalue weighted by Crippen LogP contribution is 2.07. The number of rotatable bonds is 6. The molecule has 1 heterocycles. The molecule has 3 atom stereocenters. The van der Waals surface area contributed by atoms with Crippen LogP contribution in [0.3, 0.4) is 0 Å². The summed E-state index contributed by atoms with van der Waals surface area (Å²) in [5.74, 6) is 0.0596. The first kappa shape index (κ1) is 16.0. The van der Waals surface area contributed by atoms with Crippen LogP contribution in [0.4, 0.5) is 5.95 Å². The molecule has 1 aromatic heterocycles. The lowest BCUT2D eigenvalue weighted by atomic mass is 10.1. The van der Waals surface area contributed by atoms with Crippen LogP contribution in [0.5, 0.6) is 0 Å².